The van der Waals surface area contributed by atoms with Crippen molar-refractivity contribution < 1.29 is 74.5 Å². The molecule has 11 fully saturated rings. The van der Waals surface area contributed by atoms with Gasteiger partial charge in [-0.1, -0.05) is 43.7 Å². The van der Waals surface area contributed by atoms with Crippen LogP contribution in [0.25, 0.3) is 0 Å². The minimum Gasteiger partial charge on any atom is -0.504 e. The molecule has 22 nitrogen and oxygen atoms in total. The largest absolute Gasteiger partial charge is 0.504 e. The summed E-state index contributed by atoms with van der Waals surface area (Å²) < 4.78 is 25.7. The predicted molar refractivity (Wildman–Crippen MR) is 400 cm³/mol. The number of phenolic OH excluding ortho intramolecular Hbond substituents is 3. The highest BCUT2D eigenvalue weighted by Gasteiger charge is 2.77. The van der Waals surface area contributed by atoms with Crippen LogP contribution >= 0.6 is 0 Å². The van der Waals surface area contributed by atoms with Crippen LogP contribution in [-0.4, -0.2) is 221 Å². The van der Waals surface area contributed by atoms with Gasteiger partial charge in [-0.3, -0.25) is 24.3 Å². The third-order valence-electron chi connectivity index (χ3n) is 32.1. The van der Waals surface area contributed by atoms with Gasteiger partial charge in [0.2, 0.25) is 11.8 Å². The van der Waals surface area contributed by atoms with Gasteiger partial charge in [-0.15, -0.1) is 0 Å². The van der Waals surface area contributed by atoms with Crippen LogP contribution in [0, 0.1) is 23.7 Å². The molecule has 108 heavy (non-hydrogen) atoms. The van der Waals surface area contributed by atoms with Gasteiger partial charge in [0, 0.05) is 84.6 Å². The average Bonchev–Trinajstić information content (AvgIpc) is 1.50. The fourth-order valence-electron chi connectivity index (χ4n) is 27.1. The summed E-state index contributed by atoms with van der Waals surface area (Å²) in [6, 6.07) is 15.8. The van der Waals surface area contributed by atoms with Crippen molar-refractivity contribution in [3.8, 4) is 40.2 Å². The number of nitrogens with one attached hydrogen (secondary N) is 4. The van der Waals surface area contributed by atoms with Crippen LogP contribution in [0.1, 0.15) is 199 Å². The molecule has 20 atom stereocenters. The number of ether oxygens (including phenoxy) is 4. The average molecular weight is 1480 g/mol. The van der Waals surface area contributed by atoms with Crippen LogP contribution in [0.3, 0.4) is 0 Å². The fraction of sp³-hybridized carbons (Fsp3) is 0.698. The SMILES string of the molecule is CC(=O)NC1CC[C@]2(O)[C@@H]3Cc4ccc(O)c5c4[C@]2(CCN3CC2CC2)[C@@H]1O5.CCCNC1CC[C@]2(O)C3CCC[C@]24c2c(ccc(CO)c2OC14)C3.CN[C@@H]1CC[C@]2(O)C3Cc4ccc(O)c5c4[C@]2(CCN3CC2CC2)[C@@H]1O5.O=C(CO)NC1CC[C@]2(O)[C@@H]3Cc4ccc(O)c5c4[C@]2(CCN3CC2CC2)[C@@H]1O5. The van der Waals surface area contributed by atoms with Crippen molar-refractivity contribution in [3.63, 3.8) is 0 Å². The van der Waals surface area contributed by atoms with E-state index in [-0.39, 0.29) is 101 Å². The van der Waals surface area contributed by atoms with Crippen LogP contribution in [0.2, 0.25) is 0 Å². The number of carbonyl (C=O) groups excluding carboxylic acids is 2. The molecule has 7 heterocycles. The van der Waals surface area contributed by atoms with Gasteiger partial charge in [-0.2, -0.15) is 0 Å². The number of aliphatic hydroxyl groups is 6. The highest BCUT2D eigenvalue weighted by Crippen LogP contribution is 2.71. The monoisotopic (exact) mass is 1480 g/mol. The zero-order valence-corrected chi connectivity index (χ0v) is 63.1. The van der Waals surface area contributed by atoms with Crippen molar-refractivity contribution in [2.45, 2.75) is 292 Å². The lowest BCUT2D eigenvalue weighted by Crippen LogP contribution is -2.78. The number of benzene rings is 4. The highest BCUT2D eigenvalue weighted by molar-refractivity contribution is 5.78. The van der Waals surface area contributed by atoms with Crippen molar-refractivity contribution in [3.05, 3.63) is 98.6 Å². The molecule has 0 radical (unpaired) electrons. The molecule has 8 saturated carbocycles. The van der Waals surface area contributed by atoms with Gasteiger partial charge < -0.3 is 86.2 Å². The minimum atomic E-state index is -0.947. The van der Waals surface area contributed by atoms with Gasteiger partial charge in [0.25, 0.3) is 0 Å². The Hall–Kier alpha value is -6.02. The molecule has 582 valence electrons. The van der Waals surface area contributed by atoms with Crippen LogP contribution in [0.5, 0.6) is 40.2 Å². The number of piperidine rings is 3. The van der Waals surface area contributed by atoms with Gasteiger partial charge in [-0.25, -0.2) is 0 Å². The predicted octanol–water partition coefficient (Wildman–Crippen LogP) is 5.87. The molecule has 22 heteroatoms. The van der Waals surface area contributed by atoms with Gasteiger partial charge in [0.05, 0.1) is 62.8 Å². The summed E-state index contributed by atoms with van der Waals surface area (Å²) in [4.78, 5) is 31.4. The number of hydrogen-bond acceptors (Lipinski definition) is 20. The molecule has 4 spiro atoms. The number of rotatable bonds is 14. The fourth-order valence-corrected chi connectivity index (χ4v) is 27.1. The van der Waals surface area contributed by atoms with E-state index >= 15 is 0 Å². The second kappa shape index (κ2) is 25.2. The van der Waals surface area contributed by atoms with E-state index in [9.17, 15) is 55.5 Å². The molecule has 3 saturated heterocycles. The summed E-state index contributed by atoms with van der Waals surface area (Å²) in [5.74, 6) is 5.20. The van der Waals surface area contributed by atoms with Crippen molar-refractivity contribution in [2.24, 2.45) is 23.7 Å². The Kier molecular flexibility index (Phi) is 16.6. The van der Waals surface area contributed by atoms with Crippen molar-refractivity contribution in [1.29, 1.82) is 0 Å². The number of aromatic hydroxyl groups is 3. The first-order valence-corrected chi connectivity index (χ1v) is 41.8. The van der Waals surface area contributed by atoms with Gasteiger partial charge in [0.1, 0.15) is 36.8 Å². The van der Waals surface area contributed by atoms with Crippen LogP contribution < -0.4 is 40.2 Å². The van der Waals surface area contributed by atoms with E-state index in [1.54, 1.807) is 18.2 Å². The number of carbonyl (C=O) groups is 2. The first-order valence-electron chi connectivity index (χ1n) is 41.8. The maximum Gasteiger partial charge on any atom is 0.246 e. The number of amides is 2. The molecule has 7 aliphatic heterocycles. The van der Waals surface area contributed by atoms with Gasteiger partial charge >= 0.3 is 0 Å². The topological polar surface area (TPSA) is 311 Å². The Morgan fingerprint density at radius 3 is 1.29 bits per heavy atom. The van der Waals surface area contributed by atoms with E-state index in [4.69, 9.17) is 18.9 Å². The second-order valence-electron chi connectivity index (χ2n) is 37.1. The van der Waals surface area contributed by atoms with Crippen molar-refractivity contribution >= 4 is 11.8 Å². The zero-order valence-electron chi connectivity index (χ0n) is 63.1. The molecule has 0 aromatic heterocycles. The minimum absolute atomic E-state index is 0.000323. The van der Waals surface area contributed by atoms with E-state index in [0.29, 0.717) is 48.8 Å². The first-order chi connectivity index (χ1) is 52.1. The number of likely N-dealkylation sites (N-methyl/N-ethyl adjacent to an activating group) is 1. The molecule has 13 N–H and O–H groups in total. The third kappa shape index (κ3) is 9.69. The Morgan fingerprint density at radius 1 is 0.463 bits per heavy atom. The van der Waals surface area contributed by atoms with E-state index in [1.165, 1.54) is 67.7 Å². The van der Waals surface area contributed by atoms with E-state index in [2.05, 4.69) is 55.0 Å². The summed E-state index contributed by atoms with van der Waals surface area (Å²) in [5, 5.41) is 112. The van der Waals surface area contributed by atoms with E-state index in [0.717, 1.165) is 193 Å². The smallest absolute Gasteiger partial charge is 0.246 e. The lowest BCUT2D eigenvalue weighted by atomic mass is 9.45. The van der Waals surface area contributed by atoms with Crippen LogP contribution in [0.15, 0.2) is 48.5 Å². The molecular weight excluding hydrogens is 1370 g/mol. The molecule has 8 bridgehead atoms. The standard InChI is InChI=1S/C22H28N2O5.C22H28N2O4.C21H28N2O3.C21H29NO3/c25-11-17(27)23-14-5-6-22(28)16-9-13-3-4-15(26)19-18(13)21(22,20(14)29-19)7-8-24(16)10-12-1-2-12;1-12(25)23-15-6-7-22(27)17-10-14-4-5-16(26)19-18(14)21(22,20(15)28-19)8-9-24(17)11-13-2-3-13;1-22-14-6-7-21(25)16-10-13-4-5-15(24)18-17(13)20(21,19(14)26-18)8-9-23(16)11-12-2-3-12;1-2-10-22-16-7-9-21(24)15-4-3-8-20(21)17-13(11-15)5-6-14(12-23)18(17)25-19(16)20/h3-4,12,14,16,20,25-26,28H,1-2,5-11H2,(H,23,27);4-5,13,15,17,20,26-27H,2-3,6-11H2,1H3,(H,23,25);4-5,12,14,16,19,22,24-25H,2-3,6-11H2,1H3;5-6,15-16,19,22-24H,2-4,7-12H2,1H3/t14?,16-,20+,21+,22-;15?,17-,20+,21+,22-;14-,16?,19-,20-,21+;15?,16?,19?,20-,21+/m0011/s1. The van der Waals surface area contributed by atoms with E-state index < -0.39 is 51.9 Å². The van der Waals surface area contributed by atoms with Crippen molar-refractivity contribution in [1.82, 2.24) is 36.0 Å². The Balaban J connectivity index is 0.0000000950. The Morgan fingerprint density at radius 2 is 0.852 bits per heavy atom. The lowest BCUT2D eigenvalue weighted by molar-refractivity contribution is -0.192. The molecule has 4 aromatic carbocycles. The third-order valence-corrected chi connectivity index (χ3v) is 32.1. The molecule has 12 aliphatic carbocycles. The summed E-state index contributed by atoms with van der Waals surface area (Å²) >= 11 is 0. The summed E-state index contributed by atoms with van der Waals surface area (Å²) in [6.07, 6.45) is 23.3. The summed E-state index contributed by atoms with van der Waals surface area (Å²) in [5.41, 5.74) is 5.06. The quantitative estimate of drug-likeness (QED) is 0.0703. The molecule has 4 aromatic rings. The molecule has 2 amide bonds. The second-order valence-corrected chi connectivity index (χ2v) is 37.1. The van der Waals surface area contributed by atoms with E-state index in [1.807, 2.05) is 25.2 Å². The maximum atomic E-state index is 12.3. The van der Waals surface area contributed by atoms with Crippen LogP contribution in [0.4, 0.5) is 0 Å². The summed E-state index contributed by atoms with van der Waals surface area (Å²) in [7, 11) is 1.99. The summed E-state index contributed by atoms with van der Waals surface area (Å²) in [6.45, 7) is 10.2. The van der Waals surface area contributed by atoms with Crippen molar-refractivity contribution in [2.75, 3.05) is 59.5 Å². The number of nitrogens with zero attached hydrogens (tertiary/aromatic N) is 3. The highest BCUT2D eigenvalue weighted by atomic mass is 16.5. The molecule has 23 rings (SSSR count). The number of phenols is 3. The molecular formula is C86H113N7O15. The normalized spacial score (nSPS) is 40.9. The lowest BCUT2D eigenvalue weighted by Gasteiger charge is -2.64. The maximum absolute atomic E-state index is 12.3. The Bertz CT molecular complexity index is 4300. The number of likely N-dealkylation sites (tertiary alicyclic amines) is 3. The Labute approximate surface area is 633 Å². The first kappa shape index (κ1) is 71.0. The molecule has 19 aliphatic rings. The zero-order chi connectivity index (χ0) is 74.1. The van der Waals surface area contributed by atoms with Gasteiger partial charge in [-0.05, 0) is 251 Å². The number of hydrogen-bond donors (Lipinski definition) is 13. The van der Waals surface area contributed by atoms with Crippen LogP contribution in [-0.2, 0) is 63.5 Å². The molecule has 6 unspecified atom stereocenters. The van der Waals surface area contributed by atoms with Gasteiger partial charge in [0.15, 0.2) is 34.5 Å². The number of aliphatic hydroxyl groups excluding tert-OH is 2.